The van der Waals surface area contributed by atoms with Crippen LogP contribution >= 0.6 is 0 Å². The first-order chi connectivity index (χ1) is 7.30. The van der Waals surface area contributed by atoms with Gasteiger partial charge in [-0.05, 0) is 26.0 Å². The van der Waals surface area contributed by atoms with Gasteiger partial charge in [0.25, 0.3) is 11.8 Å². The molecule has 0 spiro atoms. The Hall–Kier alpha value is -1.45. The highest BCUT2D eigenvalue weighted by Crippen LogP contribution is 2.26. The Labute approximate surface area is 93.7 Å². The Morgan fingerprint density at radius 2 is 1.75 bits per heavy atom. The summed E-state index contributed by atoms with van der Waals surface area (Å²) < 4.78 is 25.8. The molecule has 16 heavy (non-hydrogen) atoms. The van der Waals surface area contributed by atoms with Crippen LogP contribution < -0.4 is 5.32 Å². The van der Waals surface area contributed by atoms with Gasteiger partial charge in [0, 0.05) is 24.1 Å². The molecule has 1 aromatic rings. The van der Waals surface area contributed by atoms with Gasteiger partial charge in [-0.15, -0.1) is 0 Å². The number of hydrogen-bond donors (Lipinski definition) is 1. The number of carbonyl (C=O) groups excluding carboxylic acids is 1. The first-order valence-corrected chi connectivity index (χ1v) is 5.10. The second kappa shape index (κ2) is 4.60. The molecule has 0 aromatic heterocycles. The molecule has 0 aliphatic heterocycles. The molecule has 0 atom stereocenters. The SMILES string of the molecule is CC(C)NC(=O)c1ccc(C(C)(F)F)cc1. The van der Waals surface area contributed by atoms with Crippen molar-refractivity contribution >= 4 is 5.91 Å². The number of amides is 1. The van der Waals surface area contributed by atoms with Gasteiger partial charge < -0.3 is 5.32 Å². The maximum absolute atomic E-state index is 12.9. The van der Waals surface area contributed by atoms with E-state index in [1.54, 1.807) is 0 Å². The highest BCUT2D eigenvalue weighted by atomic mass is 19.3. The van der Waals surface area contributed by atoms with Gasteiger partial charge in [0.05, 0.1) is 0 Å². The summed E-state index contributed by atoms with van der Waals surface area (Å²) in [5, 5.41) is 2.69. The molecule has 1 N–H and O–H groups in total. The molecular formula is C12H15F2NO. The van der Waals surface area contributed by atoms with Crippen LogP contribution in [0.25, 0.3) is 0 Å². The molecule has 1 amide bonds. The molecule has 0 bridgehead atoms. The predicted octanol–water partition coefficient (Wildman–Crippen LogP) is 2.94. The molecule has 0 saturated carbocycles. The topological polar surface area (TPSA) is 29.1 Å². The maximum atomic E-state index is 12.9. The first-order valence-electron chi connectivity index (χ1n) is 5.10. The molecule has 1 rings (SSSR count). The van der Waals surface area contributed by atoms with Crippen LogP contribution in [0.15, 0.2) is 24.3 Å². The Balaban J connectivity index is 2.83. The number of rotatable bonds is 3. The zero-order chi connectivity index (χ0) is 12.3. The van der Waals surface area contributed by atoms with Crippen LogP contribution in [-0.2, 0) is 5.92 Å². The molecule has 2 nitrogen and oxygen atoms in total. The molecule has 0 saturated heterocycles. The van der Waals surface area contributed by atoms with Crippen molar-refractivity contribution in [3.63, 3.8) is 0 Å². The van der Waals surface area contributed by atoms with Gasteiger partial charge in [0.1, 0.15) is 0 Å². The fourth-order valence-electron chi connectivity index (χ4n) is 1.26. The molecule has 0 fully saturated rings. The number of nitrogens with one attached hydrogen (secondary N) is 1. The maximum Gasteiger partial charge on any atom is 0.270 e. The average Bonchev–Trinajstić information content (AvgIpc) is 2.15. The van der Waals surface area contributed by atoms with E-state index in [0.29, 0.717) is 5.56 Å². The molecule has 1 aromatic carbocycles. The van der Waals surface area contributed by atoms with E-state index in [1.807, 2.05) is 13.8 Å². The Morgan fingerprint density at radius 1 is 1.25 bits per heavy atom. The van der Waals surface area contributed by atoms with E-state index in [0.717, 1.165) is 6.92 Å². The van der Waals surface area contributed by atoms with Crippen molar-refractivity contribution < 1.29 is 13.6 Å². The van der Waals surface area contributed by atoms with Crippen molar-refractivity contribution in [3.05, 3.63) is 35.4 Å². The second-order valence-electron chi connectivity index (χ2n) is 4.09. The summed E-state index contributed by atoms with van der Waals surface area (Å²) >= 11 is 0. The minimum atomic E-state index is -2.87. The van der Waals surface area contributed by atoms with Crippen LogP contribution in [-0.4, -0.2) is 11.9 Å². The lowest BCUT2D eigenvalue weighted by Crippen LogP contribution is -2.30. The summed E-state index contributed by atoms with van der Waals surface area (Å²) in [7, 11) is 0. The Morgan fingerprint density at radius 3 is 2.12 bits per heavy atom. The summed E-state index contributed by atoms with van der Waals surface area (Å²) in [5.74, 6) is -3.12. The fourth-order valence-corrected chi connectivity index (χ4v) is 1.26. The second-order valence-corrected chi connectivity index (χ2v) is 4.09. The molecule has 0 heterocycles. The third-order valence-electron chi connectivity index (χ3n) is 2.07. The van der Waals surface area contributed by atoms with Gasteiger partial charge in [-0.1, -0.05) is 12.1 Å². The summed E-state index contributed by atoms with van der Waals surface area (Å²) in [6, 6.07) is 5.39. The fraction of sp³-hybridized carbons (Fsp3) is 0.417. The van der Waals surface area contributed by atoms with E-state index < -0.39 is 5.92 Å². The molecule has 0 aliphatic carbocycles. The van der Waals surface area contributed by atoms with E-state index in [-0.39, 0.29) is 17.5 Å². The van der Waals surface area contributed by atoms with Gasteiger partial charge in [-0.25, -0.2) is 8.78 Å². The van der Waals surface area contributed by atoms with Crippen LogP contribution in [0.1, 0.15) is 36.7 Å². The number of hydrogen-bond acceptors (Lipinski definition) is 1. The zero-order valence-electron chi connectivity index (χ0n) is 9.55. The molecule has 88 valence electrons. The lowest BCUT2D eigenvalue weighted by Gasteiger charge is -2.12. The monoisotopic (exact) mass is 227 g/mol. The van der Waals surface area contributed by atoms with Gasteiger partial charge in [-0.2, -0.15) is 0 Å². The number of benzene rings is 1. The summed E-state index contributed by atoms with van der Waals surface area (Å²) in [6.45, 7) is 4.51. The van der Waals surface area contributed by atoms with Gasteiger partial charge in [0.15, 0.2) is 0 Å². The third-order valence-corrected chi connectivity index (χ3v) is 2.07. The zero-order valence-corrected chi connectivity index (χ0v) is 9.55. The Kier molecular flexibility index (Phi) is 3.62. The minimum absolute atomic E-state index is 0.0276. The van der Waals surface area contributed by atoms with Crippen LogP contribution in [0, 0.1) is 0 Å². The van der Waals surface area contributed by atoms with Crippen molar-refractivity contribution in [1.29, 1.82) is 0 Å². The molecule has 0 radical (unpaired) electrons. The van der Waals surface area contributed by atoms with E-state index in [1.165, 1.54) is 24.3 Å². The number of alkyl halides is 2. The number of carbonyl (C=O) groups is 1. The summed E-state index contributed by atoms with van der Waals surface area (Å²) in [6.07, 6.45) is 0. The van der Waals surface area contributed by atoms with Gasteiger partial charge >= 0.3 is 0 Å². The van der Waals surface area contributed by atoms with Crippen molar-refractivity contribution in [3.8, 4) is 0 Å². The highest BCUT2D eigenvalue weighted by molar-refractivity contribution is 5.94. The van der Waals surface area contributed by atoms with Crippen LogP contribution in [0.5, 0.6) is 0 Å². The standard InChI is InChI=1S/C12H15F2NO/c1-8(2)15-11(16)9-4-6-10(7-5-9)12(3,13)14/h4-8H,1-3H3,(H,15,16). The van der Waals surface area contributed by atoms with E-state index in [4.69, 9.17) is 0 Å². The lowest BCUT2D eigenvalue weighted by molar-refractivity contribution is 0.0174. The van der Waals surface area contributed by atoms with Crippen molar-refractivity contribution in [2.75, 3.05) is 0 Å². The summed E-state index contributed by atoms with van der Waals surface area (Å²) in [5.41, 5.74) is 0.301. The van der Waals surface area contributed by atoms with Gasteiger partial charge in [0.2, 0.25) is 0 Å². The summed E-state index contributed by atoms with van der Waals surface area (Å²) in [4.78, 5) is 11.5. The molecular weight excluding hydrogens is 212 g/mol. The highest BCUT2D eigenvalue weighted by Gasteiger charge is 2.24. The van der Waals surface area contributed by atoms with E-state index in [2.05, 4.69) is 5.32 Å². The average molecular weight is 227 g/mol. The molecule has 4 heteroatoms. The minimum Gasteiger partial charge on any atom is -0.350 e. The van der Waals surface area contributed by atoms with Crippen LogP contribution in [0.2, 0.25) is 0 Å². The Bertz CT molecular complexity index is 366. The predicted molar refractivity (Wildman–Crippen MR) is 58.6 cm³/mol. The number of halogens is 2. The van der Waals surface area contributed by atoms with Crippen molar-refractivity contribution in [2.45, 2.75) is 32.7 Å². The van der Waals surface area contributed by atoms with Crippen molar-refractivity contribution in [1.82, 2.24) is 5.32 Å². The lowest BCUT2D eigenvalue weighted by atomic mass is 10.1. The smallest absolute Gasteiger partial charge is 0.270 e. The third kappa shape index (κ3) is 3.29. The van der Waals surface area contributed by atoms with Crippen LogP contribution in [0.3, 0.4) is 0 Å². The van der Waals surface area contributed by atoms with Gasteiger partial charge in [-0.3, -0.25) is 4.79 Å². The molecule has 0 aliphatic rings. The molecule has 0 unspecified atom stereocenters. The first kappa shape index (κ1) is 12.6. The van der Waals surface area contributed by atoms with Crippen LogP contribution in [0.4, 0.5) is 8.78 Å². The van der Waals surface area contributed by atoms with E-state index >= 15 is 0 Å². The normalized spacial score (nSPS) is 11.6. The van der Waals surface area contributed by atoms with E-state index in [9.17, 15) is 13.6 Å². The largest absolute Gasteiger partial charge is 0.350 e. The van der Waals surface area contributed by atoms with Crippen molar-refractivity contribution in [2.24, 2.45) is 0 Å². The quantitative estimate of drug-likeness (QED) is 0.845.